The molecule has 2 rings (SSSR count). The molecule has 0 unspecified atom stereocenters. The molecule has 3 nitrogen and oxygen atoms in total. The highest BCUT2D eigenvalue weighted by molar-refractivity contribution is 6.05. The molecular formula is C15H14F2N2O. The van der Waals surface area contributed by atoms with E-state index >= 15 is 0 Å². The summed E-state index contributed by atoms with van der Waals surface area (Å²) < 4.78 is 26.7. The van der Waals surface area contributed by atoms with Crippen LogP contribution in [0.5, 0.6) is 0 Å². The van der Waals surface area contributed by atoms with Gasteiger partial charge in [0.15, 0.2) is 0 Å². The van der Waals surface area contributed by atoms with Crippen LogP contribution < -0.4 is 11.1 Å². The van der Waals surface area contributed by atoms with Gasteiger partial charge in [0, 0.05) is 11.8 Å². The summed E-state index contributed by atoms with van der Waals surface area (Å²) in [6.07, 6.45) is 0. The van der Waals surface area contributed by atoms with E-state index in [1.54, 1.807) is 6.07 Å². The number of nitrogens with one attached hydrogen (secondary N) is 1. The third-order valence-electron chi connectivity index (χ3n) is 2.96. The van der Waals surface area contributed by atoms with Gasteiger partial charge in [0.05, 0.1) is 11.3 Å². The van der Waals surface area contributed by atoms with Gasteiger partial charge < -0.3 is 11.1 Å². The molecule has 0 spiro atoms. The van der Waals surface area contributed by atoms with Crippen LogP contribution in [-0.2, 0) is 0 Å². The molecule has 0 saturated carbocycles. The third kappa shape index (κ3) is 2.77. The van der Waals surface area contributed by atoms with Crippen molar-refractivity contribution in [3.05, 3.63) is 58.7 Å². The molecule has 0 aliphatic rings. The molecule has 0 aliphatic heterocycles. The zero-order valence-electron chi connectivity index (χ0n) is 11.1. The SMILES string of the molecule is Cc1ccc(NC(=O)c2cc(N)c(F)cc2F)c(C)c1. The van der Waals surface area contributed by atoms with Gasteiger partial charge in [0.25, 0.3) is 5.91 Å². The lowest BCUT2D eigenvalue weighted by molar-refractivity contribution is 0.102. The van der Waals surface area contributed by atoms with Gasteiger partial charge in [0.2, 0.25) is 0 Å². The van der Waals surface area contributed by atoms with E-state index in [4.69, 9.17) is 5.73 Å². The largest absolute Gasteiger partial charge is 0.396 e. The molecule has 0 aromatic heterocycles. The maximum absolute atomic E-state index is 13.6. The van der Waals surface area contributed by atoms with E-state index < -0.39 is 17.5 Å². The van der Waals surface area contributed by atoms with E-state index in [1.807, 2.05) is 26.0 Å². The van der Waals surface area contributed by atoms with Gasteiger partial charge in [-0.25, -0.2) is 8.78 Å². The van der Waals surface area contributed by atoms with Crippen LogP contribution in [0.3, 0.4) is 0 Å². The van der Waals surface area contributed by atoms with Crippen molar-refractivity contribution in [2.75, 3.05) is 11.1 Å². The Hall–Kier alpha value is -2.43. The first kappa shape index (κ1) is 14.0. The Morgan fingerprint density at radius 1 is 1.10 bits per heavy atom. The highest BCUT2D eigenvalue weighted by atomic mass is 19.1. The molecule has 0 atom stereocenters. The topological polar surface area (TPSA) is 55.1 Å². The summed E-state index contributed by atoms with van der Waals surface area (Å²) in [6.45, 7) is 3.76. The minimum Gasteiger partial charge on any atom is -0.396 e. The Morgan fingerprint density at radius 3 is 2.45 bits per heavy atom. The molecule has 0 aliphatic carbocycles. The molecule has 0 radical (unpaired) electrons. The number of rotatable bonds is 2. The number of carbonyl (C=O) groups is 1. The summed E-state index contributed by atoms with van der Waals surface area (Å²) in [5.41, 5.74) is 7.28. The first-order valence-corrected chi connectivity index (χ1v) is 6.01. The van der Waals surface area contributed by atoms with Crippen LogP contribution in [0.25, 0.3) is 0 Å². The lowest BCUT2D eigenvalue weighted by Crippen LogP contribution is -2.15. The van der Waals surface area contributed by atoms with Crippen LogP contribution >= 0.6 is 0 Å². The molecule has 2 aromatic rings. The first-order valence-electron chi connectivity index (χ1n) is 6.01. The predicted molar refractivity (Wildman–Crippen MR) is 74.6 cm³/mol. The maximum Gasteiger partial charge on any atom is 0.258 e. The molecule has 2 aromatic carbocycles. The second-order valence-electron chi connectivity index (χ2n) is 4.63. The van der Waals surface area contributed by atoms with Crippen molar-refractivity contribution in [2.45, 2.75) is 13.8 Å². The lowest BCUT2D eigenvalue weighted by Gasteiger charge is -2.10. The summed E-state index contributed by atoms with van der Waals surface area (Å²) in [6, 6.07) is 7.05. The summed E-state index contributed by atoms with van der Waals surface area (Å²) in [5, 5.41) is 2.58. The second kappa shape index (κ2) is 5.28. The van der Waals surface area contributed by atoms with Gasteiger partial charge >= 0.3 is 0 Å². The van der Waals surface area contributed by atoms with Gasteiger partial charge in [-0.2, -0.15) is 0 Å². The van der Waals surface area contributed by atoms with Gasteiger partial charge in [-0.3, -0.25) is 4.79 Å². The average molecular weight is 276 g/mol. The van der Waals surface area contributed by atoms with E-state index in [2.05, 4.69) is 5.32 Å². The monoisotopic (exact) mass is 276 g/mol. The fourth-order valence-electron chi connectivity index (χ4n) is 1.88. The van der Waals surface area contributed by atoms with Gasteiger partial charge in [-0.15, -0.1) is 0 Å². The molecule has 5 heteroatoms. The second-order valence-corrected chi connectivity index (χ2v) is 4.63. The van der Waals surface area contributed by atoms with Crippen LogP contribution in [0.1, 0.15) is 21.5 Å². The minimum atomic E-state index is -0.945. The Labute approximate surface area is 115 Å². The highest BCUT2D eigenvalue weighted by Crippen LogP contribution is 2.20. The Kier molecular flexibility index (Phi) is 3.70. The summed E-state index contributed by atoms with van der Waals surface area (Å²) in [4.78, 5) is 12.0. The smallest absolute Gasteiger partial charge is 0.258 e. The number of carbonyl (C=O) groups excluding carboxylic acids is 1. The Bertz CT molecular complexity index is 684. The van der Waals surface area contributed by atoms with E-state index in [1.165, 1.54) is 0 Å². The molecule has 104 valence electrons. The fraction of sp³-hybridized carbons (Fsp3) is 0.133. The van der Waals surface area contributed by atoms with Crippen molar-refractivity contribution in [3.8, 4) is 0 Å². The van der Waals surface area contributed by atoms with Crippen LogP contribution in [0.2, 0.25) is 0 Å². The Morgan fingerprint density at radius 2 is 1.80 bits per heavy atom. The molecular weight excluding hydrogens is 262 g/mol. The number of hydrogen-bond acceptors (Lipinski definition) is 2. The number of amides is 1. The fourth-order valence-corrected chi connectivity index (χ4v) is 1.88. The number of hydrogen-bond donors (Lipinski definition) is 2. The first-order chi connectivity index (χ1) is 9.38. The number of halogens is 2. The predicted octanol–water partition coefficient (Wildman–Crippen LogP) is 3.42. The van der Waals surface area contributed by atoms with Gasteiger partial charge in [-0.1, -0.05) is 17.7 Å². The van der Waals surface area contributed by atoms with Crippen molar-refractivity contribution in [1.82, 2.24) is 0 Å². The molecule has 20 heavy (non-hydrogen) atoms. The van der Waals surface area contributed by atoms with E-state index in [-0.39, 0.29) is 11.3 Å². The highest BCUT2D eigenvalue weighted by Gasteiger charge is 2.15. The zero-order valence-corrected chi connectivity index (χ0v) is 11.1. The lowest BCUT2D eigenvalue weighted by atomic mass is 10.1. The van der Waals surface area contributed by atoms with Crippen LogP contribution in [0.15, 0.2) is 30.3 Å². The van der Waals surface area contributed by atoms with Crippen LogP contribution in [0.4, 0.5) is 20.2 Å². The van der Waals surface area contributed by atoms with E-state index in [0.717, 1.165) is 17.2 Å². The van der Waals surface area contributed by atoms with Crippen molar-refractivity contribution >= 4 is 17.3 Å². The standard InChI is InChI=1S/C15H14F2N2O/c1-8-3-4-14(9(2)5-8)19-15(20)10-6-13(18)12(17)7-11(10)16/h3-7H,18H2,1-2H3,(H,19,20). The molecule has 1 amide bonds. The van der Waals surface area contributed by atoms with E-state index in [0.29, 0.717) is 11.8 Å². The molecule has 0 fully saturated rings. The third-order valence-corrected chi connectivity index (χ3v) is 2.96. The quantitative estimate of drug-likeness (QED) is 0.826. The van der Waals surface area contributed by atoms with Gasteiger partial charge in [0.1, 0.15) is 11.6 Å². The number of nitrogens with two attached hydrogens (primary N) is 1. The van der Waals surface area contributed by atoms with Gasteiger partial charge in [-0.05, 0) is 31.5 Å². The summed E-state index contributed by atoms with van der Waals surface area (Å²) in [7, 11) is 0. The van der Waals surface area contributed by atoms with Crippen molar-refractivity contribution in [1.29, 1.82) is 0 Å². The number of benzene rings is 2. The molecule has 3 N–H and O–H groups in total. The molecule has 0 bridgehead atoms. The number of aryl methyl sites for hydroxylation is 2. The minimum absolute atomic E-state index is 0.267. The van der Waals surface area contributed by atoms with E-state index in [9.17, 15) is 13.6 Å². The average Bonchev–Trinajstić information content (AvgIpc) is 2.37. The maximum atomic E-state index is 13.6. The number of anilines is 2. The molecule has 0 heterocycles. The van der Waals surface area contributed by atoms with Crippen molar-refractivity contribution in [2.24, 2.45) is 0 Å². The van der Waals surface area contributed by atoms with Crippen molar-refractivity contribution in [3.63, 3.8) is 0 Å². The zero-order chi connectivity index (χ0) is 14.9. The van der Waals surface area contributed by atoms with Crippen molar-refractivity contribution < 1.29 is 13.6 Å². The van der Waals surface area contributed by atoms with Crippen LogP contribution in [0, 0.1) is 25.5 Å². The normalized spacial score (nSPS) is 10.4. The number of nitrogen functional groups attached to an aromatic ring is 1. The summed E-state index contributed by atoms with van der Waals surface area (Å²) >= 11 is 0. The molecule has 0 saturated heterocycles. The van der Waals surface area contributed by atoms with Crippen LogP contribution in [-0.4, -0.2) is 5.91 Å². The Balaban J connectivity index is 2.31. The summed E-state index contributed by atoms with van der Waals surface area (Å²) in [5.74, 6) is -2.49.